The number of hydrogen-bond acceptors (Lipinski definition) is 3. The Labute approximate surface area is 135 Å². The lowest BCUT2D eigenvalue weighted by Crippen LogP contribution is -2.25. The maximum atomic E-state index is 5.28. The molecule has 0 aliphatic heterocycles. The van der Waals surface area contributed by atoms with Crippen LogP contribution in [-0.4, -0.2) is 10.1 Å². The Morgan fingerprint density at radius 2 is 1.55 bits per heavy atom. The highest BCUT2D eigenvalue weighted by Crippen LogP contribution is 2.43. The van der Waals surface area contributed by atoms with Gasteiger partial charge in [-0.2, -0.15) is 4.98 Å². The first-order chi connectivity index (χ1) is 10.8. The molecule has 3 nitrogen and oxygen atoms in total. The van der Waals surface area contributed by atoms with E-state index < -0.39 is 0 Å². The molecule has 22 heavy (non-hydrogen) atoms. The van der Waals surface area contributed by atoms with Crippen LogP contribution in [0.2, 0.25) is 0 Å². The molecule has 2 aliphatic rings. The topological polar surface area (TPSA) is 38.9 Å². The van der Waals surface area contributed by atoms with Gasteiger partial charge >= 0.3 is 0 Å². The van der Waals surface area contributed by atoms with Crippen molar-refractivity contribution in [2.24, 2.45) is 17.8 Å². The van der Waals surface area contributed by atoms with E-state index in [-0.39, 0.29) is 0 Å². The summed E-state index contributed by atoms with van der Waals surface area (Å²) in [6.07, 6.45) is 14.9. The fraction of sp³-hybridized carbons (Fsp3) is 0.895. The Balaban J connectivity index is 1.46. The highest BCUT2D eigenvalue weighted by Gasteiger charge is 2.32. The SMILES string of the molecule is CCCC1CCC(C2CCC(c3noc(CC)n3)CC2)CC1. The molecular formula is C19H32N2O. The minimum absolute atomic E-state index is 0.553. The lowest BCUT2D eigenvalue weighted by molar-refractivity contribution is 0.155. The van der Waals surface area contributed by atoms with Crippen LogP contribution in [-0.2, 0) is 6.42 Å². The van der Waals surface area contributed by atoms with E-state index in [1.807, 2.05) is 0 Å². The highest BCUT2D eigenvalue weighted by molar-refractivity contribution is 4.98. The molecule has 2 fully saturated rings. The van der Waals surface area contributed by atoms with Gasteiger partial charge in [-0.1, -0.05) is 44.7 Å². The molecule has 0 N–H and O–H groups in total. The first-order valence-corrected chi connectivity index (χ1v) is 9.62. The van der Waals surface area contributed by atoms with Crippen LogP contribution < -0.4 is 0 Å². The van der Waals surface area contributed by atoms with Crippen molar-refractivity contribution in [1.82, 2.24) is 10.1 Å². The van der Waals surface area contributed by atoms with Crippen LogP contribution >= 0.6 is 0 Å². The molecule has 2 saturated carbocycles. The summed E-state index contributed by atoms with van der Waals surface area (Å²) in [5.74, 6) is 5.33. The molecule has 3 heteroatoms. The second-order valence-electron chi connectivity index (χ2n) is 7.58. The summed E-state index contributed by atoms with van der Waals surface area (Å²) >= 11 is 0. The summed E-state index contributed by atoms with van der Waals surface area (Å²) in [5, 5.41) is 4.19. The summed E-state index contributed by atoms with van der Waals surface area (Å²) in [4.78, 5) is 4.54. The van der Waals surface area contributed by atoms with E-state index in [4.69, 9.17) is 4.52 Å². The van der Waals surface area contributed by atoms with Crippen molar-refractivity contribution in [3.8, 4) is 0 Å². The predicted molar refractivity (Wildman–Crippen MR) is 88.7 cm³/mol. The summed E-state index contributed by atoms with van der Waals surface area (Å²) in [6, 6.07) is 0. The van der Waals surface area contributed by atoms with Gasteiger partial charge < -0.3 is 4.52 Å². The molecule has 0 spiro atoms. The molecule has 0 atom stereocenters. The first kappa shape index (κ1) is 16.0. The van der Waals surface area contributed by atoms with Gasteiger partial charge in [-0.15, -0.1) is 0 Å². The molecular weight excluding hydrogens is 272 g/mol. The molecule has 0 aromatic carbocycles. The van der Waals surface area contributed by atoms with Gasteiger partial charge in [0.2, 0.25) is 5.89 Å². The predicted octanol–water partition coefficient (Wildman–Crippen LogP) is 5.51. The smallest absolute Gasteiger partial charge is 0.226 e. The zero-order valence-corrected chi connectivity index (χ0v) is 14.4. The third kappa shape index (κ3) is 3.72. The zero-order chi connectivity index (χ0) is 15.4. The second kappa shape index (κ2) is 7.61. The zero-order valence-electron chi connectivity index (χ0n) is 14.4. The average Bonchev–Trinajstić information content (AvgIpc) is 3.05. The van der Waals surface area contributed by atoms with Crippen molar-refractivity contribution in [3.05, 3.63) is 11.7 Å². The van der Waals surface area contributed by atoms with Crippen LogP contribution in [0, 0.1) is 17.8 Å². The van der Waals surface area contributed by atoms with Crippen LogP contribution in [0.4, 0.5) is 0 Å². The summed E-state index contributed by atoms with van der Waals surface area (Å²) in [5.41, 5.74) is 0. The number of nitrogens with zero attached hydrogens (tertiary/aromatic N) is 2. The van der Waals surface area contributed by atoms with Crippen LogP contribution in [0.15, 0.2) is 4.52 Å². The van der Waals surface area contributed by atoms with Crippen molar-refractivity contribution < 1.29 is 4.52 Å². The molecule has 2 aliphatic carbocycles. The van der Waals surface area contributed by atoms with Crippen LogP contribution in [0.5, 0.6) is 0 Å². The molecule has 0 unspecified atom stereocenters. The Kier molecular flexibility index (Phi) is 5.54. The second-order valence-corrected chi connectivity index (χ2v) is 7.58. The molecule has 0 amide bonds. The number of aromatic nitrogens is 2. The largest absolute Gasteiger partial charge is 0.339 e. The summed E-state index contributed by atoms with van der Waals surface area (Å²) in [6.45, 7) is 4.40. The van der Waals surface area contributed by atoms with Crippen LogP contribution in [0.3, 0.4) is 0 Å². The quantitative estimate of drug-likeness (QED) is 0.719. The molecule has 1 heterocycles. The molecule has 0 radical (unpaired) electrons. The van der Waals surface area contributed by atoms with Gasteiger partial charge in [-0.05, 0) is 56.3 Å². The van der Waals surface area contributed by atoms with E-state index in [1.54, 1.807) is 0 Å². The Morgan fingerprint density at radius 1 is 0.909 bits per heavy atom. The Morgan fingerprint density at radius 3 is 2.09 bits per heavy atom. The van der Waals surface area contributed by atoms with E-state index >= 15 is 0 Å². The number of aryl methyl sites for hydroxylation is 1. The van der Waals surface area contributed by atoms with E-state index in [2.05, 4.69) is 24.0 Å². The molecule has 1 aromatic heterocycles. The fourth-order valence-corrected chi connectivity index (χ4v) is 4.78. The summed E-state index contributed by atoms with van der Waals surface area (Å²) in [7, 11) is 0. The molecule has 0 bridgehead atoms. The van der Waals surface area contributed by atoms with Gasteiger partial charge in [0.05, 0.1) is 0 Å². The lowest BCUT2D eigenvalue weighted by atomic mass is 9.68. The third-order valence-corrected chi connectivity index (χ3v) is 6.18. The third-order valence-electron chi connectivity index (χ3n) is 6.18. The standard InChI is InChI=1S/C19H32N2O/c1-3-5-14-6-8-15(9-7-14)16-10-12-17(13-11-16)19-20-18(4-2)22-21-19/h14-17H,3-13H2,1-2H3. The first-order valence-electron chi connectivity index (χ1n) is 9.62. The van der Waals surface area contributed by atoms with E-state index in [1.165, 1.54) is 64.2 Å². The highest BCUT2D eigenvalue weighted by atomic mass is 16.5. The van der Waals surface area contributed by atoms with Crippen molar-refractivity contribution in [2.45, 2.75) is 90.4 Å². The molecule has 1 aromatic rings. The van der Waals surface area contributed by atoms with Gasteiger partial charge in [0.15, 0.2) is 5.82 Å². The van der Waals surface area contributed by atoms with E-state index in [0.29, 0.717) is 5.92 Å². The van der Waals surface area contributed by atoms with Crippen molar-refractivity contribution >= 4 is 0 Å². The number of rotatable bonds is 5. The van der Waals surface area contributed by atoms with Crippen molar-refractivity contribution in [2.75, 3.05) is 0 Å². The van der Waals surface area contributed by atoms with Gasteiger partial charge in [0, 0.05) is 12.3 Å². The van der Waals surface area contributed by atoms with Gasteiger partial charge in [-0.3, -0.25) is 0 Å². The minimum atomic E-state index is 0.553. The van der Waals surface area contributed by atoms with Crippen molar-refractivity contribution in [3.63, 3.8) is 0 Å². The van der Waals surface area contributed by atoms with Crippen molar-refractivity contribution in [1.29, 1.82) is 0 Å². The Bertz CT molecular complexity index is 440. The minimum Gasteiger partial charge on any atom is -0.339 e. The normalized spacial score (nSPS) is 33.0. The maximum absolute atomic E-state index is 5.28. The van der Waals surface area contributed by atoms with Gasteiger partial charge in [-0.25, -0.2) is 0 Å². The van der Waals surface area contributed by atoms with Gasteiger partial charge in [0.25, 0.3) is 0 Å². The monoisotopic (exact) mass is 304 g/mol. The molecule has 124 valence electrons. The lowest BCUT2D eigenvalue weighted by Gasteiger charge is -2.37. The fourth-order valence-electron chi connectivity index (χ4n) is 4.78. The summed E-state index contributed by atoms with van der Waals surface area (Å²) < 4.78 is 5.28. The van der Waals surface area contributed by atoms with Crippen LogP contribution in [0.25, 0.3) is 0 Å². The number of hydrogen-bond donors (Lipinski definition) is 0. The maximum Gasteiger partial charge on any atom is 0.226 e. The Hall–Kier alpha value is -0.860. The van der Waals surface area contributed by atoms with Gasteiger partial charge in [0.1, 0.15) is 0 Å². The van der Waals surface area contributed by atoms with E-state index in [9.17, 15) is 0 Å². The molecule has 3 rings (SSSR count). The van der Waals surface area contributed by atoms with Crippen LogP contribution in [0.1, 0.15) is 95.7 Å². The molecule has 0 saturated heterocycles. The van der Waals surface area contributed by atoms with E-state index in [0.717, 1.165) is 35.9 Å². The average molecular weight is 304 g/mol.